The second kappa shape index (κ2) is 6.67. The Kier molecular flexibility index (Phi) is 4.70. The Labute approximate surface area is 155 Å². The van der Waals surface area contributed by atoms with Gasteiger partial charge in [0.1, 0.15) is 12.2 Å². The van der Waals surface area contributed by atoms with Gasteiger partial charge in [-0.05, 0) is 58.4 Å². The van der Waals surface area contributed by atoms with Crippen molar-refractivity contribution in [2.24, 2.45) is 0 Å². The summed E-state index contributed by atoms with van der Waals surface area (Å²) in [7, 11) is 0. The van der Waals surface area contributed by atoms with Crippen LogP contribution in [0.15, 0.2) is 42.5 Å². The van der Waals surface area contributed by atoms with E-state index < -0.39 is 0 Å². The predicted octanol–water partition coefficient (Wildman–Crippen LogP) is 4.51. The Hall–Kier alpha value is -2.49. The minimum absolute atomic E-state index is 0.0681. The van der Waals surface area contributed by atoms with Crippen LogP contribution < -0.4 is 14.8 Å². The van der Waals surface area contributed by atoms with Gasteiger partial charge in [0.25, 0.3) is 5.91 Å². The number of rotatable bonds is 4. The highest BCUT2D eigenvalue weighted by atomic mass is 16.5. The summed E-state index contributed by atoms with van der Waals surface area (Å²) in [5.41, 5.74) is 2.40. The zero-order valence-corrected chi connectivity index (χ0v) is 16.2. The first-order valence-corrected chi connectivity index (χ1v) is 8.98. The van der Waals surface area contributed by atoms with Crippen molar-refractivity contribution in [2.75, 3.05) is 0 Å². The zero-order valence-electron chi connectivity index (χ0n) is 16.2. The van der Waals surface area contributed by atoms with E-state index in [2.05, 4.69) is 25.2 Å². The first-order chi connectivity index (χ1) is 12.1. The van der Waals surface area contributed by atoms with Gasteiger partial charge >= 0.3 is 0 Å². The van der Waals surface area contributed by atoms with Gasteiger partial charge in [0.2, 0.25) is 0 Å². The average molecular weight is 353 g/mol. The lowest BCUT2D eigenvalue weighted by Gasteiger charge is -2.20. The minimum Gasteiger partial charge on any atom is -0.485 e. The SMILES string of the molecule is CC(C)(C)NC(=O)c1ccc(COc2cccc3c2OC(C)(C)C3)cc1. The molecule has 0 unspecified atom stereocenters. The fourth-order valence-electron chi connectivity index (χ4n) is 3.03. The van der Waals surface area contributed by atoms with Gasteiger partial charge in [-0.1, -0.05) is 24.3 Å². The van der Waals surface area contributed by atoms with Crippen LogP contribution in [-0.4, -0.2) is 17.0 Å². The van der Waals surface area contributed by atoms with Crippen LogP contribution in [0.2, 0.25) is 0 Å². The molecule has 4 heteroatoms. The van der Waals surface area contributed by atoms with Gasteiger partial charge in [-0.2, -0.15) is 0 Å². The first-order valence-electron chi connectivity index (χ1n) is 8.98. The normalized spacial score (nSPS) is 15.1. The van der Waals surface area contributed by atoms with Crippen LogP contribution in [0.1, 0.15) is 56.1 Å². The molecule has 26 heavy (non-hydrogen) atoms. The molecule has 0 aromatic heterocycles. The molecule has 1 heterocycles. The summed E-state index contributed by atoms with van der Waals surface area (Å²) in [6.45, 7) is 10.5. The summed E-state index contributed by atoms with van der Waals surface area (Å²) in [4.78, 5) is 12.2. The highest BCUT2D eigenvalue weighted by Gasteiger charge is 2.32. The summed E-state index contributed by atoms with van der Waals surface area (Å²) in [5, 5.41) is 2.96. The van der Waals surface area contributed by atoms with Crippen LogP contribution >= 0.6 is 0 Å². The third-order valence-electron chi connectivity index (χ3n) is 4.15. The van der Waals surface area contributed by atoms with Crippen LogP contribution in [0.3, 0.4) is 0 Å². The van der Waals surface area contributed by atoms with Crippen LogP contribution in [0.25, 0.3) is 0 Å². The quantitative estimate of drug-likeness (QED) is 0.880. The van der Waals surface area contributed by atoms with Crippen molar-refractivity contribution < 1.29 is 14.3 Å². The van der Waals surface area contributed by atoms with Gasteiger partial charge in [0.05, 0.1) is 0 Å². The molecule has 1 aliphatic heterocycles. The molecule has 0 saturated heterocycles. The maximum absolute atomic E-state index is 12.2. The van der Waals surface area contributed by atoms with Crippen molar-refractivity contribution in [1.82, 2.24) is 5.32 Å². The van der Waals surface area contributed by atoms with E-state index in [9.17, 15) is 4.79 Å². The number of carbonyl (C=O) groups is 1. The molecule has 0 bridgehead atoms. The number of amides is 1. The number of benzene rings is 2. The molecule has 138 valence electrons. The summed E-state index contributed by atoms with van der Waals surface area (Å²) < 4.78 is 12.0. The molecule has 0 aliphatic carbocycles. The van der Waals surface area contributed by atoms with Crippen molar-refractivity contribution in [3.8, 4) is 11.5 Å². The van der Waals surface area contributed by atoms with Gasteiger partial charge in [0.15, 0.2) is 11.5 Å². The summed E-state index contributed by atoms with van der Waals surface area (Å²) in [6, 6.07) is 13.5. The molecule has 0 fully saturated rings. The third-order valence-corrected chi connectivity index (χ3v) is 4.15. The highest BCUT2D eigenvalue weighted by molar-refractivity contribution is 5.94. The minimum atomic E-state index is -0.250. The molecular formula is C22H27NO3. The molecule has 0 saturated carbocycles. The van der Waals surface area contributed by atoms with E-state index >= 15 is 0 Å². The summed E-state index contributed by atoms with van der Waals surface area (Å²) >= 11 is 0. The smallest absolute Gasteiger partial charge is 0.251 e. The first kappa shape index (κ1) is 18.3. The van der Waals surface area contributed by atoms with Gasteiger partial charge in [0, 0.05) is 23.1 Å². The largest absolute Gasteiger partial charge is 0.485 e. The number of hydrogen-bond donors (Lipinski definition) is 1. The predicted molar refractivity (Wildman–Crippen MR) is 103 cm³/mol. The van der Waals surface area contributed by atoms with E-state index in [1.807, 2.05) is 57.2 Å². The summed E-state index contributed by atoms with van der Waals surface area (Å²) in [6.07, 6.45) is 0.886. The van der Waals surface area contributed by atoms with Gasteiger partial charge < -0.3 is 14.8 Å². The Morgan fingerprint density at radius 3 is 2.50 bits per heavy atom. The van der Waals surface area contributed by atoms with E-state index in [1.54, 1.807) is 0 Å². The van der Waals surface area contributed by atoms with Crippen molar-refractivity contribution in [1.29, 1.82) is 0 Å². The van der Waals surface area contributed by atoms with Crippen molar-refractivity contribution in [3.63, 3.8) is 0 Å². The Morgan fingerprint density at radius 2 is 1.85 bits per heavy atom. The molecule has 0 radical (unpaired) electrons. The van der Waals surface area contributed by atoms with Crippen molar-refractivity contribution >= 4 is 5.91 Å². The Morgan fingerprint density at radius 1 is 1.15 bits per heavy atom. The average Bonchev–Trinajstić information content (AvgIpc) is 2.86. The van der Waals surface area contributed by atoms with E-state index in [4.69, 9.17) is 9.47 Å². The van der Waals surface area contributed by atoms with Gasteiger partial charge in [-0.25, -0.2) is 0 Å². The molecular weight excluding hydrogens is 326 g/mol. The zero-order chi connectivity index (χ0) is 18.9. The van der Waals surface area contributed by atoms with Crippen LogP contribution in [0.4, 0.5) is 0 Å². The number of ether oxygens (including phenoxy) is 2. The lowest BCUT2D eigenvalue weighted by molar-refractivity contribution is 0.0919. The monoisotopic (exact) mass is 353 g/mol. The molecule has 2 aromatic rings. The van der Waals surface area contributed by atoms with Gasteiger partial charge in [-0.15, -0.1) is 0 Å². The second-order valence-electron chi connectivity index (χ2n) is 8.47. The lowest BCUT2D eigenvalue weighted by Crippen LogP contribution is -2.40. The molecule has 1 aliphatic rings. The van der Waals surface area contributed by atoms with Crippen molar-refractivity contribution in [3.05, 3.63) is 59.2 Å². The number of para-hydroxylation sites is 1. The van der Waals surface area contributed by atoms with E-state index in [1.165, 1.54) is 5.56 Å². The van der Waals surface area contributed by atoms with Gasteiger partial charge in [-0.3, -0.25) is 4.79 Å². The van der Waals surface area contributed by atoms with Crippen LogP contribution in [-0.2, 0) is 13.0 Å². The second-order valence-corrected chi connectivity index (χ2v) is 8.47. The molecule has 1 amide bonds. The molecule has 0 spiro atoms. The van der Waals surface area contributed by atoms with E-state index in [0.29, 0.717) is 12.2 Å². The van der Waals surface area contributed by atoms with E-state index in [-0.39, 0.29) is 17.0 Å². The fourth-order valence-corrected chi connectivity index (χ4v) is 3.03. The molecule has 2 aromatic carbocycles. The standard InChI is InChI=1S/C22H27NO3/c1-21(2,3)23-20(24)16-11-9-15(10-12-16)14-25-18-8-6-7-17-13-22(4,5)26-19(17)18/h6-12H,13-14H2,1-5H3,(H,23,24). The molecule has 3 rings (SSSR count). The Bertz CT molecular complexity index is 801. The highest BCUT2D eigenvalue weighted by Crippen LogP contribution is 2.41. The number of fused-ring (bicyclic) bond motifs is 1. The van der Waals surface area contributed by atoms with Crippen molar-refractivity contribution in [2.45, 2.75) is 58.8 Å². The number of carbonyl (C=O) groups excluding carboxylic acids is 1. The molecule has 0 atom stereocenters. The molecule has 1 N–H and O–H groups in total. The van der Waals surface area contributed by atoms with E-state index in [0.717, 1.165) is 23.5 Å². The van der Waals surface area contributed by atoms with Crippen LogP contribution in [0, 0.1) is 0 Å². The number of nitrogens with one attached hydrogen (secondary N) is 1. The topological polar surface area (TPSA) is 47.6 Å². The third kappa shape index (κ3) is 4.37. The Balaban J connectivity index is 1.65. The summed E-state index contributed by atoms with van der Waals surface area (Å²) in [5.74, 6) is 1.54. The lowest BCUT2D eigenvalue weighted by atomic mass is 10.0. The fraction of sp³-hybridized carbons (Fsp3) is 0.409. The maximum atomic E-state index is 12.2. The van der Waals surface area contributed by atoms with Crippen LogP contribution in [0.5, 0.6) is 11.5 Å². The number of hydrogen-bond acceptors (Lipinski definition) is 3. The maximum Gasteiger partial charge on any atom is 0.251 e. The molecule has 4 nitrogen and oxygen atoms in total.